The van der Waals surface area contributed by atoms with Gasteiger partial charge in [-0.05, 0) is 36.4 Å². The molecule has 1 aliphatic rings. The summed E-state index contributed by atoms with van der Waals surface area (Å²) in [5.41, 5.74) is 1.58. The summed E-state index contributed by atoms with van der Waals surface area (Å²) in [4.78, 5) is 38.1. The molecule has 2 aromatic rings. The summed E-state index contributed by atoms with van der Waals surface area (Å²) in [6.45, 7) is 0.264. The van der Waals surface area contributed by atoms with Gasteiger partial charge in [0.05, 0.1) is 32.8 Å². The lowest BCUT2D eigenvalue weighted by atomic mass is 10.1. The highest BCUT2D eigenvalue weighted by Gasteiger charge is 2.35. The zero-order chi connectivity index (χ0) is 21.0. The predicted molar refractivity (Wildman–Crippen MR) is 106 cm³/mol. The molecule has 1 atom stereocenters. The van der Waals surface area contributed by atoms with Crippen molar-refractivity contribution in [2.24, 2.45) is 5.92 Å². The Kier molecular flexibility index (Phi) is 6.01. The van der Waals surface area contributed by atoms with Crippen molar-refractivity contribution in [2.45, 2.75) is 6.42 Å². The molecule has 1 saturated heterocycles. The number of amides is 2. The molecule has 0 aliphatic carbocycles. The van der Waals surface area contributed by atoms with Crippen LogP contribution in [-0.2, 0) is 14.3 Å². The standard InChI is InChI=1S/C21H22N2O6/c1-27-17-9-8-16(11-18(17)28-2)23-12-14(10-19(23)24)20(25)22-15-6-4-13(5-7-15)21(26)29-3/h4-9,11,14H,10,12H2,1-3H3,(H,22,25). The number of carbonyl (C=O) groups is 3. The molecule has 8 heteroatoms. The summed E-state index contributed by atoms with van der Waals surface area (Å²) in [7, 11) is 4.37. The van der Waals surface area contributed by atoms with E-state index in [-0.39, 0.29) is 24.8 Å². The fourth-order valence-electron chi connectivity index (χ4n) is 3.18. The maximum Gasteiger partial charge on any atom is 0.337 e. The average Bonchev–Trinajstić information content (AvgIpc) is 3.15. The predicted octanol–water partition coefficient (Wildman–Crippen LogP) is 2.48. The second kappa shape index (κ2) is 8.64. The third kappa shape index (κ3) is 4.31. The van der Waals surface area contributed by atoms with Crippen LogP contribution in [0.15, 0.2) is 42.5 Å². The van der Waals surface area contributed by atoms with E-state index < -0.39 is 11.9 Å². The van der Waals surface area contributed by atoms with E-state index in [1.165, 1.54) is 21.3 Å². The van der Waals surface area contributed by atoms with Gasteiger partial charge in [-0.1, -0.05) is 0 Å². The van der Waals surface area contributed by atoms with Gasteiger partial charge in [-0.2, -0.15) is 0 Å². The van der Waals surface area contributed by atoms with Crippen molar-refractivity contribution in [1.29, 1.82) is 0 Å². The molecule has 1 heterocycles. The first-order valence-electron chi connectivity index (χ1n) is 8.98. The van der Waals surface area contributed by atoms with E-state index in [1.54, 1.807) is 47.4 Å². The Hall–Kier alpha value is -3.55. The Morgan fingerprint density at radius 2 is 1.69 bits per heavy atom. The number of hydrogen-bond acceptors (Lipinski definition) is 6. The minimum absolute atomic E-state index is 0.112. The molecule has 0 radical (unpaired) electrons. The molecule has 2 amide bonds. The van der Waals surface area contributed by atoms with Gasteiger partial charge in [0.15, 0.2) is 11.5 Å². The maximum atomic E-state index is 12.6. The molecular formula is C21H22N2O6. The summed E-state index contributed by atoms with van der Waals surface area (Å²) in [6, 6.07) is 11.6. The van der Waals surface area contributed by atoms with Crippen molar-refractivity contribution >= 4 is 29.2 Å². The highest BCUT2D eigenvalue weighted by Crippen LogP contribution is 2.34. The first-order valence-corrected chi connectivity index (χ1v) is 8.98. The quantitative estimate of drug-likeness (QED) is 0.752. The largest absolute Gasteiger partial charge is 0.493 e. The molecule has 3 rings (SSSR count). The van der Waals surface area contributed by atoms with Crippen LogP contribution in [0.1, 0.15) is 16.8 Å². The minimum atomic E-state index is -0.490. The number of nitrogens with zero attached hydrogens (tertiary/aromatic N) is 1. The van der Waals surface area contributed by atoms with Gasteiger partial charge in [-0.15, -0.1) is 0 Å². The van der Waals surface area contributed by atoms with E-state index in [2.05, 4.69) is 10.1 Å². The summed E-state index contributed by atoms with van der Waals surface area (Å²) >= 11 is 0. The van der Waals surface area contributed by atoms with E-state index in [4.69, 9.17) is 9.47 Å². The first-order chi connectivity index (χ1) is 14.0. The summed E-state index contributed by atoms with van der Waals surface area (Å²) in [6.07, 6.45) is 0.112. The Labute approximate surface area is 168 Å². The van der Waals surface area contributed by atoms with E-state index in [1.807, 2.05) is 0 Å². The number of carbonyl (C=O) groups excluding carboxylic acids is 3. The van der Waals surface area contributed by atoms with Crippen molar-refractivity contribution in [1.82, 2.24) is 0 Å². The number of methoxy groups -OCH3 is 3. The highest BCUT2D eigenvalue weighted by atomic mass is 16.5. The molecule has 0 spiro atoms. The van der Waals surface area contributed by atoms with Crippen LogP contribution in [0.4, 0.5) is 11.4 Å². The van der Waals surface area contributed by atoms with Gasteiger partial charge in [-0.3, -0.25) is 9.59 Å². The van der Waals surface area contributed by atoms with Crippen molar-refractivity contribution in [3.63, 3.8) is 0 Å². The number of rotatable bonds is 6. The summed E-state index contributed by atoms with van der Waals surface area (Å²) in [5, 5.41) is 2.79. The van der Waals surface area contributed by atoms with Crippen molar-refractivity contribution in [3.05, 3.63) is 48.0 Å². The zero-order valence-electron chi connectivity index (χ0n) is 16.4. The van der Waals surface area contributed by atoms with Crippen LogP contribution < -0.4 is 19.7 Å². The van der Waals surface area contributed by atoms with Gasteiger partial charge >= 0.3 is 5.97 Å². The van der Waals surface area contributed by atoms with E-state index in [0.717, 1.165) is 0 Å². The Morgan fingerprint density at radius 1 is 1.00 bits per heavy atom. The second-order valence-corrected chi connectivity index (χ2v) is 6.50. The summed E-state index contributed by atoms with van der Waals surface area (Å²) in [5.74, 6) is -0.264. The number of anilines is 2. The Bertz CT molecular complexity index is 925. The highest BCUT2D eigenvalue weighted by molar-refractivity contribution is 6.03. The van der Waals surface area contributed by atoms with Crippen molar-refractivity contribution in [2.75, 3.05) is 38.1 Å². The van der Waals surface area contributed by atoms with Crippen LogP contribution in [0.25, 0.3) is 0 Å². The van der Waals surface area contributed by atoms with Gasteiger partial charge in [0.25, 0.3) is 0 Å². The van der Waals surface area contributed by atoms with Crippen LogP contribution in [0.2, 0.25) is 0 Å². The van der Waals surface area contributed by atoms with Crippen LogP contribution in [0.3, 0.4) is 0 Å². The topological polar surface area (TPSA) is 94.2 Å². The fourth-order valence-corrected chi connectivity index (χ4v) is 3.18. The van der Waals surface area contributed by atoms with Crippen LogP contribution in [0, 0.1) is 5.92 Å². The van der Waals surface area contributed by atoms with Gasteiger partial charge in [-0.25, -0.2) is 4.79 Å². The number of benzene rings is 2. The number of nitrogens with one attached hydrogen (secondary N) is 1. The van der Waals surface area contributed by atoms with E-state index in [9.17, 15) is 14.4 Å². The van der Waals surface area contributed by atoms with E-state index in [0.29, 0.717) is 28.4 Å². The number of esters is 1. The number of ether oxygens (including phenoxy) is 3. The molecule has 1 unspecified atom stereocenters. The van der Waals surface area contributed by atoms with E-state index >= 15 is 0 Å². The molecule has 152 valence electrons. The number of hydrogen-bond donors (Lipinski definition) is 1. The Balaban J connectivity index is 1.68. The van der Waals surface area contributed by atoms with Crippen LogP contribution in [0.5, 0.6) is 11.5 Å². The molecule has 2 aromatic carbocycles. The van der Waals surface area contributed by atoms with Crippen LogP contribution in [-0.4, -0.2) is 45.7 Å². The van der Waals surface area contributed by atoms with Gasteiger partial charge in [0, 0.05) is 30.4 Å². The molecule has 0 saturated carbocycles. The molecule has 29 heavy (non-hydrogen) atoms. The minimum Gasteiger partial charge on any atom is -0.493 e. The SMILES string of the molecule is COC(=O)c1ccc(NC(=O)C2CC(=O)N(c3ccc(OC)c(OC)c3)C2)cc1. The lowest BCUT2D eigenvalue weighted by Gasteiger charge is -2.18. The first kappa shape index (κ1) is 20.2. The van der Waals surface area contributed by atoms with Gasteiger partial charge in [0.1, 0.15) is 0 Å². The lowest BCUT2D eigenvalue weighted by molar-refractivity contribution is -0.122. The monoisotopic (exact) mass is 398 g/mol. The molecule has 0 bridgehead atoms. The second-order valence-electron chi connectivity index (χ2n) is 6.50. The molecule has 1 N–H and O–H groups in total. The van der Waals surface area contributed by atoms with Gasteiger partial charge in [0.2, 0.25) is 11.8 Å². The normalized spacial score (nSPS) is 15.8. The molecule has 1 aliphatic heterocycles. The third-order valence-corrected chi connectivity index (χ3v) is 4.75. The van der Waals surface area contributed by atoms with Crippen molar-refractivity contribution in [3.8, 4) is 11.5 Å². The molecule has 0 aromatic heterocycles. The summed E-state index contributed by atoms with van der Waals surface area (Å²) < 4.78 is 15.1. The third-order valence-electron chi connectivity index (χ3n) is 4.75. The zero-order valence-corrected chi connectivity index (χ0v) is 16.4. The fraction of sp³-hybridized carbons (Fsp3) is 0.286. The smallest absolute Gasteiger partial charge is 0.337 e. The van der Waals surface area contributed by atoms with Crippen LogP contribution >= 0.6 is 0 Å². The Morgan fingerprint density at radius 3 is 2.31 bits per heavy atom. The molecule has 1 fully saturated rings. The molecular weight excluding hydrogens is 376 g/mol. The van der Waals surface area contributed by atoms with Crippen molar-refractivity contribution < 1.29 is 28.6 Å². The maximum absolute atomic E-state index is 12.6. The molecule has 8 nitrogen and oxygen atoms in total. The van der Waals surface area contributed by atoms with Gasteiger partial charge < -0.3 is 24.4 Å². The average molecular weight is 398 g/mol. The lowest BCUT2D eigenvalue weighted by Crippen LogP contribution is -2.28.